The molecular weight excluding hydrogens is 220 g/mol. The fourth-order valence-corrected chi connectivity index (χ4v) is 3.85. The molecule has 0 saturated carbocycles. The first-order valence-electron chi connectivity index (χ1n) is 5.84. The van der Waals surface area contributed by atoms with E-state index in [4.69, 9.17) is 5.73 Å². The number of hydrogen-bond donors (Lipinski definition) is 2. The van der Waals surface area contributed by atoms with Gasteiger partial charge in [0, 0.05) is 36.7 Å². The monoisotopic (exact) mass is 238 g/mol. The third-order valence-corrected chi connectivity index (χ3v) is 4.71. The summed E-state index contributed by atoms with van der Waals surface area (Å²) < 4.78 is 0. The lowest BCUT2D eigenvalue weighted by Crippen LogP contribution is -2.43. The summed E-state index contributed by atoms with van der Waals surface area (Å²) in [4.78, 5) is 10.4. The summed E-state index contributed by atoms with van der Waals surface area (Å²) in [6, 6.07) is 1.01. The van der Waals surface area contributed by atoms with Crippen LogP contribution in [0.1, 0.15) is 23.6 Å². The topological polar surface area (TPSA) is 57.9 Å². The Hall–Kier alpha value is -0.520. The molecule has 0 aliphatic carbocycles. The van der Waals surface area contributed by atoms with Gasteiger partial charge in [-0.3, -0.25) is 4.90 Å². The van der Waals surface area contributed by atoms with Crippen LogP contribution >= 0.6 is 11.8 Å². The Morgan fingerprint density at radius 2 is 2.31 bits per heavy atom. The molecule has 4 nitrogen and oxygen atoms in total. The second-order valence-electron chi connectivity index (χ2n) is 4.84. The minimum atomic E-state index is 0.373. The van der Waals surface area contributed by atoms with Crippen LogP contribution < -0.4 is 5.73 Å². The van der Waals surface area contributed by atoms with Gasteiger partial charge in [-0.05, 0) is 13.3 Å². The average molecular weight is 238 g/mol. The number of aryl methyl sites for hydroxylation is 1. The van der Waals surface area contributed by atoms with E-state index in [-0.39, 0.29) is 0 Å². The molecule has 3 rings (SSSR count). The van der Waals surface area contributed by atoms with Gasteiger partial charge in [-0.15, -0.1) is 0 Å². The fourth-order valence-electron chi connectivity index (χ4n) is 2.66. The van der Waals surface area contributed by atoms with E-state index in [0.717, 1.165) is 31.1 Å². The first kappa shape index (κ1) is 10.6. The zero-order valence-corrected chi connectivity index (χ0v) is 10.4. The maximum absolute atomic E-state index is 6.03. The quantitative estimate of drug-likeness (QED) is 0.762. The minimum Gasteiger partial charge on any atom is -0.345 e. The summed E-state index contributed by atoms with van der Waals surface area (Å²) in [7, 11) is 0. The molecule has 2 aliphatic heterocycles. The zero-order valence-electron chi connectivity index (χ0n) is 9.57. The van der Waals surface area contributed by atoms with Crippen LogP contribution in [0.2, 0.25) is 0 Å². The maximum Gasteiger partial charge on any atom is 0.103 e. The largest absolute Gasteiger partial charge is 0.345 e. The third kappa shape index (κ3) is 1.87. The van der Waals surface area contributed by atoms with Gasteiger partial charge in [0.1, 0.15) is 5.82 Å². The predicted octanol–water partition coefficient (Wildman–Crippen LogP) is 0.867. The van der Waals surface area contributed by atoms with E-state index in [9.17, 15) is 0 Å². The van der Waals surface area contributed by atoms with Gasteiger partial charge in [0.05, 0.1) is 11.4 Å². The van der Waals surface area contributed by atoms with Crippen molar-refractivity contribution in [3.63, 3.8) is 0 Å². The highest BCUT2D eigenvalue weighted by molar-refractivity contribution is 7.99. The van der Waals surface area contributed by atoms with Crippen molar-refractivity contribution in [1.29, 1.82) is 0 Å². The molecule has 5 heteroatoms. The van der Waals surface area contributed by atoms with E-state index in [1.54, 1.807) is 0 Å². The van der Waals surface area contributed by atoms with Crippen LogP contribution in [0.25, 0.3) is 0 Å². The van der Waals surface area contributed by atoms with E-state index in [2.05, 4.69) is 14.9 Å². The van der Waals surface area contributed by atoms with Crippen LogP contribution in [0.3, 0.4) is 0 Å². The minimum absolute atomic E-state index is 0.373. The number of nitrogens with one attached hydrogen (secondary N) is 1. The van der Waals surface area contributed by atoms with Crippen LogP contribution in [0.4, 0.5) is 0 Å². The highest BCUT2D eigenvalue weighted by Gasteiger charge is 2.31. The summed E-state index contributed by atoms with van der Waals surface area (Å²) in [5.41, 5.74) is 8.57. The number of fused-ring (bicyclic) bond motifs is 1. The van der Waals surface area contributed by atoms with Crippen LogP contribution in [0.5, 0.6) is 0 Å². The SMILES string of the molecule is Cc1nc2c([nH]1)CN(C1CSC[C@@H](N)C1)C2. The van der Waals surface area contributed by atoms with Gasteiger partial charge in [0.15, 0.2) is 0 Å². The maximum atomic E-state index is 6.03. The summed E-state index contributed by atoms with van der Waals surface area (Å²) >= 11 is 1.99. The Kier molecular flexibility index (Phi) is 2.69. The van der Waals surface area contributed by atoms with Crippen molar-refractivity contribution in [2.75, 3.05) is 11.5 Å². The summed E-state index contributed by atoms with van der Waals surface area (Å²) in [5, 5.41) is 0. The van der Waals surface area contributed by atoms with Crippen LogP contribution in [0.15, 0.2) is 0 Å². The highest BCUT2D eigenvalue weighted by atomic mass is 32.2. The second-order valence-corrected chi connectivity index (χ2v) is 5.91. The molecule has 2 aliphatic rings. The standard InChI is InChI=1S/C11H18N4S/c1-7-13-10-3-15(4-11(10)14-7)9-2-8(12)5-16-6-9/h8-9H,2-6,12H2,1H3,(H,13,14)/t8-,9?/m0/s1. The number of thioether (sulfide) groups is 1. The van der Waals surface area contributed by atoms with Crippen molar-refractivity contribution < 1.29 is 0 Å². The van der Waals surface area contributed by atoms with E-state index in [1.165, 1.54) is 17.1 Å². The normalized spacial score (nSPS) is 30.6. The molecule has 0 spiro atoms. The first-order chi connectivity index (χ1) is 7.72. The molecule has 0 radical (unpaired) electrons. The lowest BCUT2D eigenvalue weighted by molar-refractivity contribution is 0.194. The van der Waals surface area contributed by atoms with E-state index in [0.29, 0.717) is 12.1 Å². The second kappa shape index (κ2) is 4.05. The van der Waals surface area contributed by atoms with E-state index in [1.807, 2.05) is 18.7 Å². The molecule has 3 N–H and O–H groups in total. The molecule has 3 heterocycles. The van der Waals surface area contributed by atoms with Gasteiger partial charge < -0.3 is 10.7 Å². The predicted molar refractivity (Wildman–Crippen MR) is 66.3 cm³/mol. The Bertz CT molecular complexity index is 366. The van der Waals surface area contributed by atoms with Crippen LogP contribution in [-0.2, 0) is 13.1 Å². The molecule has 1 aromatic rings. The molecule has 0 bridgehead atoms. The van der Waals surface area contributed by atoms with Crippen molar-refractivity contribution in [3.8, 4) is 0 Å². The molecule has 2 atom stereocenters. The number of aromatic amines is 1. The number of nitrogens with two attached hydrogens (primary N) is 1. The number of nitrogens with zero attached hydrogens (tertiary/aromatic N) is 2. The van der Waals surface area contributed by atoms with Crippen molar-refractivity contribution in [3.05, 3.63) is 17.2 Å². The Morgan fingerprint density at radius 3 is 3.06 bits per heavy atom. The highest BCUT2D eigenvalue weighted by Crippen LogP contribution is 2.28. The molecule has 1 aromatic heterocycles. The number of imidazole rings is 1. The Balaban J connectivity index is 1.68. The average Bonchev–Trinajstić information content (AvgIpc) is 2.74. The number of hydrogen-bond acceptors (Lipinski definition) is 4. The Labute approximate surface area is 100.0 Å². The van der Waals surface area contributed by atoms with Gasteiger partial charge in [-0.1, -0.05) is 0 Å². The van der Waals surface area contributed by atoms with Gasteiger partial charge in [0.2, 0.25) is 0 Å². The van der Waals surface area contributed by atoms with Gasteiger partial charge in [0.25, 0.3) is 0 Å². The molecule has 1 saturated heterocycles. The summed E-state index contributed by atoms with van der Waals surface area (Å²) in [5.74, 6) is 3.38. The number of H-pyrrole nitrogens is 1. The molecule has 16 heavy (non-hydrogen) atoms. The molecular formula is C11H18N4S. The zero-order chi connectivity index (χ0) is 11.1. The van der Waals surface area contributed by atoms with Crippen molar-refractivity contribution in [2.45, 2.75) is 38.5 Å². The van der Waals surface area contributed by atoms with Gasteiger partial charge in [-0.25, -0.2) is 4.98 Å². The Morgan fingerprint density at radius 1 is 1.44 bits per heavy atom. The summed E-state index contributed by atoms with van der Waals surface area (Å²) in [6.07, 6.45) is 1.14. The lowest BCUT2D eigenvalue weighted by atomic mass is 10.1. The molecule has 0 aromatic carbocycles. The van der Waals surface area contributed by atoms with Crippen molar-refractivity contribution in [2.24, 2.45) is 5.73 Å². The van der Waals surface area contributed by atoms with Crippen molar-refractivity contribution >= 4 is 11.8 Å². The number of aromatic nitrogens is 2. The number of rotatable bonds is 1. The molecule has 1 fully saturated rings. The molecule has 88 valence electrons. The van der Waals surface area contributed by atoms with Crippen molar-refractivity contribution in [1.82, 2.24) is 14.9 Å². The first-order valence-corrected chi connectivity index (χ1v) is 6.99. The lowest BCUT2D eigenvalue weighted by Gasteiger charge is -2.33. The van der Waals surface area contributed by atoms with Gasteiger partial charge >= 0.3 is 0 Å². The van der Waals surface area contributed by atoms with Gasteiger partial charge in [-0.2, -0.15) is 11.8 Å². The third-order valence-electron chi connectivity index (χ3n) is 3.43. The molecule has 0 amide bonds. The molecule has 1 unspecified atom stereocenters. The van der Waals surface area contributed by atoms with Crippen LogP contribution in [0, 0.1) is 6.92 Å². The van der Waals surface area contributed by atoms with Crippen LogP contribution in [-0.4, -0.2) is 38.5 Å². The fraction of sp³-hybridized carbons (Fsp3) is 0.727. The van der Waals surface area contributed by atoms with E-state index >= 15 is 0 Å². The van der Waals surface area contributed by atoms with E-state index < -0.39 is 0 Å². The smallest absolute Gasteiger partial charge is 0.103 e. The summed E-state index contributed by atoms with van der Waals surface area (Å²) in [6.45, 7) is 4.04.